The van der Waals surface area contributed by atoms with E-state index >= 15 is 0 Å². The summed E-state index contributed by atoms with van der Waals surface area (Å²) in [5.74, 6) is 0.595. The molecule has 1 aromatic heterocycles. The first kappa shape index (κ1) is 18.0. The number of alkyl halides is 2. The van der Waals surface area contributed by atoms with E-state index in [-0.39, 0.29) is 12.3 Å². The minimum Gasteiger partial charge on any atom is -0.434 e. The van der Waals surface area contributed by atoms with Gasteiger partial charge in [0.05, 0.1) is 18.8 Å². The third kappa shape index (κ3) is 5.69. The molecule has 0 amide bonds. The Morgan fingerprint density at radius 2 is 2.21 bits per heavy atom. The lowest BCUT2D eigenvalue weighted by molar-refractivity contribution is -0.0504. The maximum absolute atomic E-state index is 12.5. The van der Waals surface area contributed by atoms with Crippen molar-refractivity contribution in [2.45, 2.75) is 26.6 Å². The second kappa shape index (κ2) is 9.07. The van der Waals surface area contributed by atoms with Gasteiger partial charge in [0, 0.05) is 23.3 Å². The van der Waals surface area contributed by atoms with Crippen molar-refractivity contribution in [3.05, 3.63) is 46.7 Å². The quantitative estimate of drug-likeness (QED) is 0.526. The van der Waals surface area contributed by atoms with Crippen molar-refractivity contribution >= 4 is 17.6 Å². The number of aromatic nitrogens is 2. The van der Waals surface area contributed by atoms with Gasteiger partial charge in [-0.15, -0.1) is 0 Å². The first-order chi connectivity index (χ1) is 11.6. The number of guanidine groups is 1. The Morgan fingerprint density at radius 1 is 1.38 bits per heavy atom. The number of aromatic amines is 1. The number of halogens is 3. The van der Waals surface area contributed by atoms with Gasteiger partial charge >= 0.3 is 6.61 Å². The summed E-state index contributed by atoms with van der Waals surface area (Å²) in [7, 11) is 0. The van der Waals surface area contributed by atoms with Gasteiger partial charge in [-0.2, -0.15) is 13.9 Å². The van der Waals surface area contributed by atoms with E-state index < -0.39 is 6.61 Å². The highest BCUT2D eigenvalue weighted by Crippen LogP contribution is 2.25. The van der Waals surface area contributed by atoms with Crippen LogP contribution in [0.25, 0.3) is 0 Å². The Morgan fingerprint density at radius 3 is 2.88 bits per heavy atom. The van der Waals surface area contributed by atoms with Crippen LogP contribution in [-0.4, -0.2) is 29.3 Å². The first-order valence-corrected chi connectivity index (χ1v) is 7.70. The number of hydrogen-bond donors (Lipinski definition) is 3. The molecule has 1 aromatic carbocycles. The number of H-pyrrole nitrogens is 1. The summed E-state index contributed by atoms with van der Waals surface area (Å²) in [5, 5.41) is 13.3. The van der Waals surface area contributed by atoms with Gasteiger partial charge in [0.15, 0.2) is 5.96 Å². The molecular formula is C15H18ClF2N5O. The van der Waals surface area contributed by atoms with E-state index in [1.54, 1.807) is 12.3 Å². The number of benzene rings is 1. The largest absolute Gasteiger partial charge is 0.434 e. The number of nitrogens with one attached hydrogen (secondary N) is 3. The second-order valence-electron chi connectivity index (χ2n) is 4.76. The van der Waals surface area contributed by atoms with E-state index in [2.05, 4.69) is 30.6 Å². The molecule has 3 N–H and O–H groups in total. The lowest BCUT2D eigenvalue weighted by Gasteiger charge is -2.12. The fourth-order valence-corrected chi connectivity index (χ4v) is 2.15. The number of rotatable bonds is 7. The predicted molar refractivity (Wildman–Crippen MR) is 88.3 cm³/mol. The van der Waals surface area contributed by atoms with Crippen LogP contribution in [-0.2, 0) is 13.1 Å². The fraction of sp³-hybridized carbons (Fsp3) is 0.333. The average molecular weight is 358 g/mol. The Balaban J connectivity index is 2.08. The molecule has 0 atom stereocenters. The molecule has 0 saturated carbocycles. The molecule has 1 heterocycles. The van der Waals surface area contributed by atoms with Crippen molar-refractivity contribution in [1.82, 2.24) is 20.8 Å². The van der Waals surface area contributed by atoms with E-state index in [0.717, 1.165) is 5.69 Å². The van der Waals surface area contributed by atoms with Gasteiger partial charge in [0.1, 0.15) is 5.75 Å². The molecule has 9 heteroatoms. The Bertz CT molecular complexity index is 664. The van der Waals surface area contributed by atoms with Gasteiger partial charge in [-0.05, 0) is 31.2 Å². The molecule has 2 aromatic rings. The minimum atomic E-state index is -2.90. The molecule has 130 valence electrons. The number of ether oxygens (including phenoxy) is 1. The van der Waals surface area contributed by atoms with Crippen LogP contribution < -0.4 is 15.4 Å². The normalized spacial score (nSPS) is 11.6. The Hall–Kier alpha value is -2.35. The predicted octanol–water partition coefficient (Wildman–Crippen LogP) is 2.92. The highest BCUT2D eigenvalue weighted by atomic mass is 35.5. The average Bonchev–Trinajstić information content (AvgIpc) is 3.05. The van der Waals surface area contributed by atoms with Crippen LogP contribution in [0.3, 0.4) is 0 Å². The molecule has 0 aliphatic heterocycles. The Kier molecular flexibility index (Phi) is 6.80. The van der Waals surface area contributed by atoms with E-state index in [9.17, 15) is 8.78 Å². The standard InChI is InChI=1S/C15H18ClF2N5O/c1-2-19-15(21-9-12-5-6-22-23-12)20-8-10-7-11(16)3-4-13(10)24-14(17)18/h3-7,14H,2,8-9H2,1H3,(H,22,23)(H2,19,20,21). The van der Waals surface area contributed by atoms with Gasteiger partial charge in [-0.3, -0.25) is 5.10 Å². The van der Waals surface area contributed by atoms with E-state index in [0.29, 0.717) is 29.6 Å². The minimum absolute atomic E-state index is 0.0579. The molecule has 0 unspecified atom stereocenters. The van der Waals surface area contributed by atoms with E-state index in [1.165, 1.54) is 12.1 Å². The first-order valence-electron chi connectivity index (χ1n) is 7.32. The van der Waals surface area contributed by atoms with Crippen LogP contribution in [0.4, 0.5) is 8.78 Å². The van der Waals surface area contributed by atoms with Crippen LogP contribution >= 0.6 is 11.6 Å². The molecule has 0 aliphatic carbocycles. The monoisotopic (exact) mass is 357 g/mol. The van der Waals surface area contributed by atoms with Gasteiger partial charge < -0.3 is 15.4 Å². The molecule has 2 rings (SSSR count). The van der Waals surface area contributed by atoms with Crippen LogP contribution in [0, 0.1) is 0 Å². The highest BCUT2D eigenvalue weighted by molar-refractivity contribution is 6.30. The van der Waals surface area contributed by atoms with Gasteiger partial charge in [-0.25, -0.2) is 4.99 Å². The maximum atomic E-state index is 12.5. The molecule has 0 radical (unpaired) electrons. The lowest BCUT2D eigenvalue weighted by Crippen LogP contribution is -2.36. The van der Waals surface area contributed by atoms with Crippen LogP contribution in [0.5, 0.6) is 5.75 Å². The van der Waals surface area contributed by atoms with Crippen molar-refractivity contribution in [3.8, 4) is 5.75 Å². The molecule has 6 nitrogen and oxygen atoms in total. The van der Waals surface area contributed by atoms with Crippen LogP contribution in [0.1, 0.15) is 18.2 Å². The topological polar surface area (TPSA) is 74.3 Å². The van der Waals surface area contributed by atoms with Gasteiger partial charge in [0.2, 0.25) is 0 Å². The van der Waals surface area contributed by atoms with Crippen molar-refractivity contribution in [1.29, 1.82) is 0 Å². The van der Waals surface area contributed by atoms with Crippen LogP contribution in [0.15, 0.2) is 35.5 Å². The third-order valence-electron chi connectivity index (χ3n) is 3.00. The SMILES string of the molecule is CCNC(=NCc1cc(Cl)ccc1OC(F)F)NCc1ccn[nH]1. The summed E-state index contributed by atoms with van der Waals surface area (Å²) in [6, 6.07) is 6.29. The Labute approximate surface area is 143 Å². The number of nitrogens with zero attached hydrogens (tertiary/aromatic N) is 2. The van der Waals surface area contributed by atoms with Gasteiger partial charge in [-0.1, -0.05) is 11.6 Å². The van der Waals surface area contributed by atoms with Crippen molar-refractivity contribution in [3.63, 3.8) is 0 Å². The fourth-order valence-electron chi connectivity index (χ4n) is 1.95. The molecule has 0 bridgehead atoms. The lowest BCUT2D eigenvalue weighted by atomic mass is 10.2. The summed E-state index contributed by atoms with van der Waals surface area (Å²) in [6.07, 6.45) is 1.65. The summed E-state index contributed by atoms with van der Waals surface area (Å²) in [5.41, 5.74) is 1.37. The molecule has 0 spiro atoms. The molecule has 0 fully saturated rings. The summed E-state index contributed by atoms with van der Waals surface area (Å²) < 4.78 is 29.4. The summed E-state index contributed by atoms with van der Waals surface area (Å²) >= 11 is 5.92. The van der Waals surface area contributed by atoms with E-state index in [4.69, 9.17) is 11.6 Å². The second-order valence-corrected chi connectivity index (χ2v) is 5.20. The molecule has 0 aliphatic rings. The summed E-state index contributed by atoms with van der Waals surface area (Å²) in [6.45, 7) is 0.326. The van der Waals surface area contributed by atoms with Crippen molar-refractivity contribution < 1.29 is 13.5 Å². The number of hydrogen-bond acceptors (Lipinski definition) is 3. The highest BCUT2D eigenvalue weighted by Gasteiger charge is 2.10. The maximum Gasteiger partial charge on any atom is 0.387 e. The smallest absolute Gasteiger partial charge is 0.387 e. The zero-order chi connectivity index (χ0) is 17.4. The van der Waals surface area contributed by atoms with Gasteiger partial charge in [0.25, 0.3) is 0 Å². The van der Waals surface area contributed by atoms with E-state index in [1.807, 2.05) is 13.0 Å². The molecular weight excluding hydrogens is 340 g/mol. The van der Waals surface area contributed by atoms with Crippen molar-refractivity contribution in [2.75, 3.05) is 6.54 Å². The number of aliphatic imine (C=N–C) groups is 1. The van der Waals surface area contributed by atoms with Crippen molar-refractivity contribution in [2.24, 2.45) is 4.99 Å². The third-order valence-corrected chi connectivity index (χ3v) is 3.23. The zero-order valence-electron chi connectivity index (χ0n) is 13.0. The molecule has 24 heavy (non-hydrogen) atoms. The summed E-state index contributed by atoms with van der Waals surface area (Å²) in [4.78, 5) is 4.37. The van der Waals surface area contributed by atoms with Crippen LogP contribution in [0.2, 0.25) is 5.02 Å². The zero-order valence-corrected chi connectivity index (χ0v) is 13.8. The molecule has 0 saturated heterocycles.